The Morgan fingerprint density at radius 2 is 2.18 bits per heavy atom. The van der Waals surface area contributed by atoms with Gasteiger partial charge >= 0.3 is 0 Å². The van der Waals surface area contributed by atoms with Crippen LogP contribution in [0.15, 0.2) is 24.3 Å². The second kappa shape index (κ2) is 2.34. The van der Waals surface area contributed by atoms with Gasteiger partial charge in [0.15, 0.2) is 0 Å². The van der Waals surface area contributed by atoms with Crippen LogP contribution in [0.1, 0.15) is 6.92 Å². The van der Waals surface area contributed by atoms with Crippen molar-refractivity contribution in [3.05, 3.63) is 30.8 Å². The summed E-state index contributed by atoms with van der Waals surface area (Å²) in [4.78, 5) is 0. The Kier molecular flexibility index (Phi) is 1.35. The van der Waals surface area contributed by atoms with Crippen LogP contribution in [0.3, 0.4) is 0 Å². The zero-order valence-corrected chi connectivity index (χ0v) is 6.23. The van der Waals surface area contributed by atoms with E-state index in [1.165, 1.54) is 0 Å². The Morgan fingerprint density at radius 1 is 1.36 bits per heavy atom. The van der Waals surface area contributed by atoms with E-state index in [-0.39, 0.29) is 0 Å². The molecule has 11 heavy (non-hydrogen) atoms. The van der Waals surface area contributed by atoms with Crippen molar-refractivity contribution < 1.29 is 0 Å². The first-order valence-electron chi connectivity index (χ1n) is 3.51. The highest BCUT2D eigenvalue weighted by atomic mass is 15.4. The van der Waals surface area contributed by atoms with Crippen molar-refractivity contribution in [3.8, 4) is 0 Å². The minimum Gasteiger partial charge on any atom is -0.240 e. The molecule has 0 aliphatic heterocycles. The third kappa shape index (κ3) is 0.888. The molecule has 0 saturated heterocycles. The Labute approximate surface area is 64.6 Å². The van der Waals surface area contributed by atoms with E-state index in [1.807, 2.05) is 37.7 Å². The van der Waals surface area contributed by atoms with Gasteiger partial charge in [-0.05, 0) is 19.1 Å². The van der Waals surface area contributed by atoms with Gasteiger partial charge in [0, 0.05) is 0 Å². The standard InChI is InChI=1S/C8H8N3/c1-2-11-8-6-4-3-5-7(8)9-10-11/h2-6H,1H3. The average Bonchev–Trinajstić information content (AvgIpc) is 2.47. The summed E-state index contributed by atoms with van der Waals surface area (Å²) in [5.41, 5.74) is 1.99. The third-order valence-electron chi connectivity index (χ3n) is 1.62. The first-order valence-corrected chi connectivity index (χ1v) is 3.51. The molecule has 55 valence electrons. The molecule has 1 aromatic heterocycles. The lowest BCUT2D eigenvalue weighted by atomic mass is 10.3. The highest BCUT2D eigenvalue weighted by Crippen LogP contribution is 2.09. The highest BCUT2D eigenvalue weighted by Gasteiger charge is 1.98. The molecule has 0 aliphatic carbocycles. The monoisotopic (exact) mass is 146 g/mol. The molecule has 0 saturated carbocycles. The summed E-state index contributed by atoms with van der Waals surface area (Å²) in [6.45, 7) is 3.82. The molecule has 3 heteroatoms. The predicted molar refractivity (Wildman–Crippen MR) is 42.9 cm³/mol. The van der Waals surface area contributed by atoms with Gasteiger partial charge in [0.25, 0.3) is 0 Å². The molecule has 0 bridgehead atoms. The Balaban J connectivity index is 2.76. The number of fused-ring (bicyclic) bond motifs is 1. The first kappa shape index (κ1) is 6.34. The summed E-state index contributed by atoms with van der Waals surface area (Å²) >= 11 is 0. The van der Waals surface area contributed by atoms with Gasteiger partial charge in [0.2, 0.25) is 0 Å². The SMILES string of the molecule is C[CH]n1nnc2ccccc21. The molecular formula is C8H8N3. The normalized spacial score (nSPS) is 10.6. The predicted octanol–water partition coefficient (Wildman–Crippen LogP) is 1.46. The van der Waals surface area contributed by atoms with E-state index in [1.54, 1.807) is 4.68 Å². The van der Waals surface area contributed by atoms with Gasteiger partial charge in [0.05, 0.1) is 12.1 Å². The van der Waals surface area contributed by atoms with Gasteiger partial charge in [-0.2, -0.15) is 0 Å². The van der Waals surface area contributed by atoms with Crippen LogP contribution in [0, 0.1) is 6.54 Å². The fourth-order valence-corrected chi connectivity index (χ4v) is 1.08. The zero-order valence-electron chi connectivity index (χ0n) is 6.23. The maximum atomic E-state index is 3.97. The fourth-order valence-electron chi connectivity index (χ4n) is 1.08. The van der Waals surface area contributed by atoms with Crippen LogP contribution in [0.5, 0.6) is 0 Å². The molecule has 0 unspecified atom stereocenters. The maximum Gasteiger partial charge on any atom is 0.113 e. The molecule has 0 aliphatic rings. The smallest absolute Gasteiger partial charge is 0.113 e. The van der Waals surface area contributed by atoms with Gasteiger partial charge in [-0.25, -0.2) is 4.68 Å². The summed E-state index contributed by atoms with van der Waals surface area (Å²) in [6, 6.07) is 7.88. The number of rotatable bonds is 1. The van der Waals surface area contributed by atoms with Crippen molar-refractivity contribution in [3.63, 3.8) is 0 Å². The molecule has 0 atom stereocenters. The second-order valence-corrected chi connectivity index (χ2v) is 2.28. The van der Waals surface area contributed by atoms with Crippen LogP contribution >= 0.6 is 0 Å². The summed E-state index contributed by atoms with van der Waals surface area (Å²) in [5.74, 6) is 0. The van der Waals surface area contributed by atoms with E-state index in [2.05, 4.69) is 10.3 Å². The minimum absolute atomic E-state index is 0.936. The van der Waals surface area contributed by atoms with Gasteiger partial charge < -0.3 is 0 Å². The summed E-state index contributed by atoms with van der Waals surface area (Å²) < 4.78 is 1.76. The van der Waals surface area contributed by atoms with Crippen molar-refractivity contribution >= 4 is 11.0 Å². The lowest BCUT2D eigenvalue weighted by Crippen LogP contribution is -1.92. The molecular weight excluding hydrogens is 138 g/mol. The Bertz CT molecular complexity index is 364. The molecule has 0 N–H and O–H groups in total. The van der Waals surface area contributed by atoms with Gasteiger partial charge in [-0.3, -0.25) is 0 Å². The maximum absolute atomic E-state index is 3.97. The molecule has 2 aromatic rings. The second-order valence-electron chi connectivity index (χ2n) is 2.28. The van der Waals surface area contributed by atoms with Crippen LogP contribution in [-0.2, 0) is 0 Å². The van der Waals surface area contributed by atoms with E-state index in [0.29, 0.717) is 0 Å². The topological polar surface area (TPSA) is 30.7 Å². The lowest BCUT2D eigenvalue weighted by molar-refractivity contribution is 0.770. The van der Waals surface area contributed by atoms with Crippen LogP contribution in [0.2, 0.25) is 0 Å². The molecule has 0 amide bonds. The van der Waals surface area contributed by atoms with Gasteiger partial charge in [-0.15, -0.1) is 5.10 Å². The van der Waals surface area contributed by atoms with Crippen molar-refractivity contribution in [1.29, 1.82) is 0 Å². The molecule has 0 fully saturated rings. The van der Waals surface area contributed by atoms with Crippen molar-refractivity contribution in [1.82, 2.24) is 15.0 Å². The van der Waals surface area contributed by atoms with Gasteiger partial charge in [0.1, 0.15) is 5.52 Å². The van der Waals surface area contributed by atoms with E-state index >= 15 is 0 Å². The minimum atomic E-state index is 0.936. The van der Waals surface area contributed by atoms with Crippen molar-refractivity contribution in [2.24, 2.45) is 0 Å². The van der Waals surface area contributed by atoms with Crippen LogP contribution in [0.4, 0.5) is 0 Å². The largest absolute Gasteiger partial charge is 0.240 e. The third-order valence-corrected chi connectivity index (χ3v) is 1.62. The van der Waals surface area contributed by atoms with Crippen LogP contribution in [0.25, 0.3) is 11.0 Å². The molecule has 2 rings (SSSR count). The molecule has 1 heterocycles. The lowest BCUT2D eigenvalue weighted by Gasteiger charge is -1.92. The number of benzene rings is 1. The van der Waals surface area contributed by atoms with E-state index < -0.39 is 0 Å². The van der Waals surface area contributed by atoms with E-state index in [0.717, 1.165) is 11.0 Å². The zero-order chi connectivity index (χ0) is 7.68. The van der Waals surface area contributed by atoms with E-state index in [4.69, 9.17) is 0 Å². The fraction of sp³-hybridized carbons (Fsp3) is 0.125. The molecule has 1 aromatic carbocycles. The quantitative estimate of drug-likeness (QED) is 0.609. The summed E-state index contributed by atoms with van der Waals surface area (Å²) in [6.07, 6.45) is 0. The highest BCUT2D eigenvalue weighted by molar-refractivity contribution is 5.74. The summed E-state index contributed by atoms with van der Waals surface area (Å²) in [5, 5.41) is 7.90. The Hall–Kier alpha value is -1.38. The average molecular weight is 146 g/mol. The van der Waals surface area contributed by atoms with Crippen LogP contribution in [-0.4, -0.2) is 15.0 Å². The number of hydrogen-bond acceptors (Lipinski definition) is 2. The first-order chi connectivity index (χ1) is 5.42. The van der Waals surface area contributed by atoms with Crippen molar-refractivity contribution in [2.45, 2.75) is 6.92 Å². The number of nitrogens with zero attached hydrogens (tertiary/aromatic N) is 3. The number of para-hydroxylation sites is 1. The van der Waals surface area contributed by atoms with E-state index in [9.17, 15) is 0 Å². The van der Waals surface area contributed by atoms with Crippen molar-refractivity contribution in [2.75, 3.05) is 0 Å². The number of aromatic nitrogens is 3. The number of hydrogen-bond donors (Lipinski definition) is 0. The Morgan fingerprint density at radius 3 is 3.00 bits per heavy atom. The molecule has 0 spiro atoms. The molecule has 1 radical (unpaired) electrons. The van der Waals surface area contributed by atoms with Gasteiger partial charge in [-0.1, -0.05) is 17.3 Å². The molecule has 3 nitrogen and oxygen atoms in total. The summed E-state index contributed by atoms with van der Waals surface area (Å²) in [7, 11) is 0. The van der Waals surface area contributed by atoms with Crippen LogP contribution < -0.4 is 0 Å².